The number of hydrogen-bond acceptors (Lipinski definition) is 2. The van der Waals surface area contributed by atoms with Crippen molar-refractivity contribution in [3.05, 3.63) is 35.5 Å². The Kier molecular flexibility index (Phi) is 5.39. The van der Waals surface area contributed by atoms with Crippen molar-refractivity contribution >= 4 is 16.9 Å². The van der Waals surface area contributed by atoms with Crippen LogP contribution in [0, 0.1) is 0 Å². The molecule has 3 rings (SSSR count). The van der Waals surface area contributed by atoms with Crippen LogP contribution in [0.5, 0.6) is 0 Å². The molecule has 1 unspecified atom stereocenters. The summed E-state index contributed by atoms with van der Waals surface area (Å²) >= 11 is 0. The van der Waals surface area contributed by atoms with E-state index < -0.39 is 5.97 Å². The summed E-state index contributed by atoms with van der Waals surface area (Å²) in [6.07, 6.45) is 3.15. The Labute approximate surface area is 125 Å². The Morgan fingerprint density at radius 3 is 2.71 bits per heavy atom. The highest BCUT2D eigenvalue weighted by atomic mass is 16.5. The molecule has 1 aromatic heterocycles. The lowest BCUT2D eigenvalue weighted by molar-refractivity contribution is -0.140. The van der Waals surface area contributed by atoms with Gasteiger partial charge in [-0.3, -0.25) is 4.79 Å². The van der Waals surface area contributed by atoms with E-state index in [-0.39, 0.29) is 12.5 Å². The van der Waals surface area contributed by atoms with E-state index in [1.165, 1.54) is 23.8 Å². The van der Waals surface area contributed by atoms with Crippen LogP contribution in [0.1, 0.15) is 50.5 Å². The molecular weight excluding hydrogens is 266 g/mol. The van der Waals surface area contributed by atoms with Gasteiger partial charge in [0.1, 0.15) is 6.10 Å². The molecule has 114 valence electrons. The molecule has 4 nitrogen and oxygen atoms in total. The average Bonchev–Trinajstić information content (AvgIpc) is 2.87. The van der Waals surface area contributed by atoms with Gasteiger partial charge in [-0.25, -0.2) is 0 Å². The molecule has 0 spiro atoms. The number of ether oxygens (including phenoxy) is 1. The first-order valence-electron chi connectivity index (χ1n) is 7.60. The number of aromatic amines is 1. The first kappa shape index (κ1) is 15.6. The predicted octanol–water partition coefficient (Wildman–Crippen LogP) is 4.06. The number of fused-ring (bicyclic) bond motifs is 3. The lowest BCUT2D eigenvalue weighted by Gasteiger charge is -2.21. The number of aliphatic carboxylic acids is 1. The van der Waals surface area contributed by atoms with Gasteiger partial charge >= 0.3 is 5.97 Å². The van der Waals surface area contributed by atoms with Gasteiger partial charge in [-0.2, -0.15) is 0 Å². The van der Waals surface area contributed by atoms with Crippen molar-refractivity contribution in [3.8, 4) is 0 Å². The van der Waals surface area contributed by atoms with Crippen molar-refractivity contribution in [1.82, 2.24) is 4.98 Å². The van der Waals surface area contributed by atoms with E-state index in [1.807, 2.05) is 18.2 Å². The summed E-state index contributed by atoms with van der Waals surface area (Å²) in [5, 5.41) is 10.1. The molecule has 0 saturated carbocycles. The third-order valence-corrected chi connectivity index (χ3v) is 3.70. The van der Waals surface area contributed by atoms with Crippen LogP contribution < -0.4 is 0 Å². The number of benzene rings is 1. The molecule has 2 aromatic rings. The van der Waals surface area contributed by atoms with E-state index in [1.54, 1.807) is 0 Å². The number of carboxylic acids is 1. The number of aromatic nitrogens is 1. The Morgan fingerprint density at radius 2 is 2.05 bits per heavy atom. The van der Waals surface area contributed by atoms with Gasteiger partial charge in [-0.1, -0.05) is 44.9 Å². The van der Waals surface area contributed by atoms with Crippen molar-refractivity contribution in [2.75, 3.05) is 6.61 Å². The standard InChI is InChI=1S/C13H13NO3.C4H10/c15-12(16)7-11-13-9(5-6-17-11)8-3-1-2-4-10(8)14-13;1-3-4-2/h1-4,11,14H,5-7H2,(H,15,16);3-4H2,1-2H3. The van der Waals surface area contributed by atoms with Crippen molar-refractivity contribution < 1.29 is 14.6 Å². The van der Waals surface area contributed by atoms with Gasteiger partial charge in [-0.15, -0.1) is 0 Å². The molecule has 1 aliphatic rings. The van der Waals surface area contributed by atoms with Crippen LogP contribution in [0.3, 0.4) is 0 Å². The number of rotatable bonds is 3. The monoisotopic (exact) mass is 289 g/mol. The Morgan fingerprint density at radius 1 is 1.33 bits per heavy atom. The fourth-order valence-electron chi connectivity index (χ4n) is 2.47. The highest BCUT2D eigenvalue weighted by molar-refractivity contribution is 5.85. The van der Waals surface area contributed by atoms with E-state index >= 15 is 0 Å². The van der Waals surface area contributed by atoms with E-state index in [4.69, 9.17) is 9.84 Å². The summed E-state index contributed by atoms with van der Waals surface area (Å²) in [5.74, 6) is -0.832. The van der Waals surface area contributed by atoms with Crippen LogP contribution in [-0.2, 0) is 16.0 Å². The number of unbranched alkanes of at least 4 members (excludes halogenated alkanes) is 1. The highest BCUT2D eigenvalue weighted by Crippen LogP contribution is 2.34. The molecule has 0 amide bonds. The van der Waals surface area contributed by atoms with E-state index in [0.717, 1.165) is 17.6 Å². The highest BCUT2D eigenvalue weighted by Gasteiger charge is 2.26. The smallest absolute Gasteiger partial charge is 0.306 e. The fraction of sp³-hybridized carbons (Fsp3) is 0.471. The van der Waals surface area contributed by atoms with Gasteiger partial charge in [0.05, 0.1) is 13.0 Å². The van der Waals surface area contributed by atoms with Crippen LogP contribution in [0.25, 0.3) is 10.9 Å². The first-order chi connectivity index (χ1) is 10.2. The minimum absolute atomic E-state index is 0.0137. The molecule has 0 radical (unpaired) electrons. The Hall–Kier alpha value is -1.81. The Balaban J connectivity index is 0.000000361. The third kappa shape index (κ3) is 3.64. The zero-order valence-corrected chi connectivity index (χ0v) is 12.7. The second-order valence-corrected chi connectivity index (χ2v) is 5.27. The maximum Gasteiger partial charge on any atom is 0.306 e. The van der Waals surface area contributed by atoms with Crippen molar-refractivity contribution in [2.45, 2.75) is 45.6 Å². The van der Waals surface area contributed by atoms with E-state index in [9.17, 15) is 4.79 Å². The van der Waals surface area contributed by atoms with Crippen LogP contribution in [0.15, 0.2) is 24.3 Å². The van der Waals surface area contributed by atoms with Gasteiger partial charge in [0, 0.05) is 16.6 Å². The number of para-hydroxylation sites is 1. The average molecular weight is 289 g/mol. The van der Waals surface area contributed by atoms with Crippen molar-refractivity contribution in [3.63, 3.8) is 0 Å². The quantitative estimate of drug-likeness (QED) is 0.895. The van der Waals surface area contributed by atoms with E-state index in [0.29, 0.717) is 6.61 Å². The number of H-pyrrole nitrogens is 1. The number of hydrogen-bond donors (Lipinski definition) is 2. The van der Waals surface area contributed by atoms with Crippen molar-refractivity contribution in [1.29, 1.82) is 0 Å². The minimum atomic E-state index is -0.832. The minimum Gasteiger partial charge on any atom is -0.481 e. The largest absolute Gasteiger partial charge is 0.481 e. The topological polar surface area (TPSA) is 62.3 Å². The van der Waals surface area contributed by atoms with Crippen LogP contribution in [-0.4, -0.2) is 22.7 Å². The molecule has 1 atom stereocenters. The van der Waals surface area contributed by atoms with E-state index in [2.05, 4.69) is 24.9 Å². The molecule has 0 bridgehead atoms. The van der Waals surface area contributed by atoms with Crippen LogP contribution in [0.4, 0.5) is 0 Å². The Bertz CT molecular complexity index is 601. The van der Waals surface area contributed by atoms with Crippen molar-refractivity contribution in [2.24, 2.45) is 0 Å². The van der Waals surface area contributed by atoms with Gasteiger partial charge in [0.15, 0.2) is 0 Å². The maximum atomic E-state index is 10.8. The zero-order chi connectivity index (χ0) is 15.2. The molecule has 4 heteroatoms. The third-order valence-electron chi connectivity index (χ3n) is 3.70. The summed E-state index contributed by atoms with van der Waals surface area (Å²) in [7, 11) is 0. The van der Waals surface area contributed by atoms with Crippen LogP contribution in [0.2, 0.25) is 0 Å². The molecule has 0 aliphatic carbocycles. The number of carboxylic acid groups (broad SMARTS) is 1. The second kappa shape index (κ2) is 7.27. The summed E-state index contributed by atoms with van der Waals surface area (Å²) < 4.78 is 5.53. The first-order valence-corrected chi connectivity index (χ1v) is 7.60. The van der Waals surface area contributed by atoms with Gasteiger partial charge in [0.25, 0.3) is 0 Å². The molecule has 2 N–H and O–H groups in total. The lowest BCUT2D eigenvalue weighted by Crippen LogP contribution is -2.18. The fourth-order valence-corrected chi connectivity index (χ4v) is 2.47. The molecule has 21 heavy (non-hydrogen) atoms. The molecule has 1 aromatic carbocycles. The number of carbonyl (C=O) groups is 1. The normalized spacial score (nSPS) is 17.0. The molecule has 1 aliphatic heterocycles. The zero-order valence-electron chi connectivity index (χ0n) is 12.7. The molecular formula is C17H23NO3. The van der Waals surface area contributed by atoms with Crippen LogP contribution >= 0.6 is 0 Å². The van der Waals surface area contributed by atoms with Gasteiger partial charge in [-0.05, 0) is 18.1 Å². The summed E-state index contributed by atoms with van der Waals surface area (Å²) in [6.45, 7) is 4.95. The second-order valence-electron chi connectivity index (χ2n) is 5.27. The van der Waals surface area contributed by atoms with Gasteiger partial charge < -0.3 is 14.8 Å². The molecule has 0 fully saturated rings. The molecule has 2 heterocycles. The lowest BCUT2D eigenvalue weighted by atomic mass is 10.0. The molecule has 0 saturated heterocycles. The summed E-state index contributed by atoms with van der Waals surface area (Å²) in [6, 6.07) is 8.04. The summed E-state index contributed by atoms with van der Waals surface area (Å²) in [4.78, 5) is 14.1. The number of nitrogens with one attached hydrogen (secondary N) is 1. The van der Waals surface area contributed by atoms with Gasteiger partial charge in [0.2, 0.25) is 0 Å². The predicted molar refractivity (Wildman–Crippen MR) is 83.5 cm³/mol. The summed E-state index contributed by atoms with van der Waals surface area (Å²) in [5.41, 5.74) is 3.19. The SMILES string of the molecule is CCCC.O=C(O)CC1OCCc2c1[nH]c1ccccc21. The maximum absolute atomic E-state index is 10.8.